The van der Waals surface area contributed by atoms with E-state index in [0.717, 1.165) is 44.8 Å². The first kappa shape index (κ1) is 16.5. The maximum Gasteiger partial charge on any atom is 0.0991 e. The highest BCUT2D eigenvalue weighted by molar-refractivity contribution is 5.54. The van der Waals surface area contributed by atoms with Gasteiger partial charge in [-0.3, -0.25) is 0 Å². The number of hydrogen-bond donors (Lipinski definition) is 1. The normalized spacial score (nSPS) is 15.2. The number of piperazine rings is 1. The van der Waals surface area contributed by atoms with Crippen molar-refractivity contribution < 1.29 is 0 Å². The third kappa shape index (κ3) is 4.14. The van der Waals surface area contributed by atoms with Crippen LogP contribution in [0.4, 0.5) is 5.69 Å². The lowest BCUT2D eigenvalue weighted by Crippen LogP contribution is -2.44. The van der Waals surface area contributed by atoms with Gasteiger partial charge in [0.1, 0.15) is 0 Å². The molecule has 0 saturated carbocycles. The molecule has 124 valence electrons. The fraction of sp³-hybridized carbons (Fsp3) is 0.350. The molecular weight excluding hydrogens is 296 g/mol. The van der Waals surface area contributed by atoms with Gasteiger partial charge in [-0.25, -0.2) is 0 Å². The molecule has 2 aromatic rings. The van der Waals surface area contributed by atoms with E-state index >= 15 is 0 Å². The van der Waals surface area contributed by atoms with Crippen molar-refractivity contribution in [1.29, 1.82) is 5.26 Å². The second kappa shape index (κ2) is 7.96. The summed E-state index contributed by atoms with van der Waals surface area (Å²) >= 11 is 0. The first-order valence-electron chi connectivity index (χ1n) is 8.47. The lowest BCUT2D eigenvalue weighted by atomic mass is 10.1. The highest BCUT2D eigenvalue weighted by Crippen LogP contribution is 2.21. The molecule has 0 atom stereocenters. The largest absolute Gasteiger partial charge is 0.369 e. The summed E-state index contributed by atoms with van der Waals surface area (Å²) in [7, 11) is 2.18. The first-order valence-corrected chi connectivity index (χ1v) is 8.47. The van der Waals surface area contributed by atoms with E-state index in [1.165, 1.54) is 11.3 Å². The Morgan fingerprint density at radius 1 is 1.00 bits per heavy atom. The summed E-state index contributed by atoms with van der Waals surface area (Å²) in [5.74, 6) is 0. The Balaban J connectivity index is 1.62. The number of nitrogens with one attached hydrogen (secondary N) is 1. The van der Waals surface area contributed by atoms with Gasteiger partial charge < -0.3 is 15.1 Å². The van der Waals surface area contributed by atoms with Crippen LogP contribution < -0.4 is 10.2 Å². The molecule has 1 fully saturated rings. The number of nitrogens with zero attached hydrogens (tertiary/aromatic N) is 3. The Hall–Kier alpha value is -2.35. The smallest absolute Gasteiger partial charge is 0.0991 e. The van der Waals surface area contributed by atoms with Gasteiger partial charge in [0.15, 0.2) is 0 Å². The van der Waals surface area contributed by atoms with Crippen LogP contribution in [-0.4, -0.2) is 38.1 Å². The van der Waals surface area contributed by atoms with Gasteiger partial charge in [-0.05, 0) is 36.4 Å². The van der Waals surface area contributed by atoms with E-state index in [1.54, 1.807) is 0 Å². The number of likely N-dealkylation sites (N-methyl/N-ethyl adjacent to an activating group) is 1. The second-order valence-corrected chi connectivity index (χ2v) is 6.33. The Labute approximate surface area is 144 Å². The van der Waals surface area contributed by atoms with Crippen LogP contribution in [0.25, 0.3) is 0 Å². The average molecular weight is 320 g/mol. The molecule has 1 aliphatic rings. The molecule has 0 radical (unpaired) electrons. The fourth-order valence-electron chi connectivity index (χ4n) is 3.11. The Morgan fingerprint density at radius 3 is 2.58 bits per heavy atom. The van der Waals surface area contributed by atoms with Crippen LogP contribution in [0.3, 0.4) is 0 Å². The van der Waals surface area contributed by atoms with Crippen LogP contribution in [0.15, 0.2) is 48.5 Å². The fourth-order valence-corrected chi connectivity index (χ4v) is 3.11. The predicted molar refractivity (Wildman–Crippen MR) is 97.9 cm³/mol. The summed E-state index contributed by atoms with van der Waals surface area (Å²) in [6.45, 7) is 5.99. The van der Waals surface area contributed by atoms with E-state index in [9.17, 15) is 0 Å². The van der Waals surface area contributed by atoms with Crippen molar-refractivity contribution in [3.05, 3.63) is 65.2 Å². The standard InChI is InChI=1S/C20H24N4/c1-23-9-11-24(12-10-23)20-8-3-2-7-19(20)16-22-15-18-6-4-5-17(13-18)14-21/h2-8,13,22H,9-12,15-16H2,1H3. The van der Waals surface area contributed by atoms with E-state index < -0.39 is 0 Å². The SMILES string of the molecule is CN1CCN(c2ccccc2CNCc2cccc(C#N)c2)CC1. The van der Waals surface area contributed by atoms with Crippen molar-refractivity contribution >= 4 is 5.69 Å². The van der Waals surface area contributed by atoms with Crippen molar-refractivity contribution in [3.63, 3.8) is 0 Å². The van der Waals surface area contributed by atoms with Gasteiger partial charge in [-0.1, -0.05) is 30.3 Å². The molecule has 0 spiro atoms. The molecule has 0 aromatic heterocycles. The van der Waals surface area contributed by atoms with E-state index in [2.05, 4.69) is 58.6 Å². The van der Waals surface area contributed by atoms with Gasteiger partial charge in [0.25, 0.3) is 0 Å². The number of benzene rings is 2. The maximum absolute atomic E-state index is 8.99. The van der Waals surface area contributed by atoms with Crippen molar-refractivity contribution in [3.8, 4) is 6.07 Å². The van der Waals surface area contributed by atoms with Gasteiger partial charge in [0, 0.05) is 45.0 Å². The van der Waals surface area contributed by atoms with E-state index in [4.69, 9.17) is 5.26 Å². The molecule has 1 heterocycles. The molecule has 2 aromatic carbocycles. The summed E-state index contributed by atoms with van der Waals surface area (Å²) in [5.41, 5.74) is 4.53. The molecule has 4 heteroatoms. The zero-order valence-corrected chi connectivity index (χ0v) is 14.2. The number of rotatable bonds is 5. The Bertz CT molecular complexity index is 712. The number of para-hydroxylation sites is 1. The molecule has 0 aliphatic carbocycles. The molecule has 24 heavy (non-hydrogen) atoms. The molecule has 0 bridgehead atoms. The minimum absolute atomic E-state index is 0.715. The van der Waals surface area contributed by atoms with Crippen LogP contribution >= 0.6 is 0 Å². The number of nitriles is 1. The predicted octanol–water partition coefficient (Wildman–Crippen LogP) is 2.60. The lowest BCUT2D eigenvalue weighted by Gasteiger charge is -2.35. The van der Waals surface area contributed by atoms with Crippen molar-refractivity contribution in [1.82, 2.24) is 10.2 Å². The molecule has 1 aliphatic heterocycles. The number of hydrogen-bond acceptors (Lipinski definition) is 4. The highest BCUT2D eigenvalue weighted by atomic mass is 15.2. The number of anilines is 1. The van der Waals surface area contributed by atoms with E-state index in [-0.39, 0.29) is 0 Å². The van der Waals surface area contributed by atoms with Crippen molar-refractivity contribution in [2.75, 3.05) is 38.1 Å². The highest BCUT2D eigenvalue weighted by Gasteiger charge is 2.16. The summed E-state index contributed by atoms with van der Waals surface area (Å²) in [6.07, 6.45) is 0. The van der Waals surface area contributed by atoms with Crippen LogP contribution in [0.1, 0.15) is 16.7 Å². The Morgan fingerprint density at radius 2 is 1.79 bits per heavy atom. The van der Waals surface area contributed by atoms with E-state index in [1.807, 2.05) is 18.2 Å². The monoisotopic (exact) mass is 320 g/mol. The van der Waals surface area contributed by atoms with Gasteiger partial charge >= 0.3 is 0 Å². The summed E-state index contributed by atoms with van der Waals surface area (Å²) in [4.78, 5) is 4.85. The van der Waals surface area contributed by atoms with Gasteiger partial charge in [-0.2, -0.15) is 5.26 Å². The van der Waals surface area contributed by atoms with Gasteiger partial charge in [0.05, 0.1) is 11.6 Å². The molecule has 4 nitrogen and oxygen atoms in total. The minimum Gasteiger partial charge on any atom is -0.369 e. The summed E-state index contributed by atoms with van der Waals surface area (Å²) in [6, 6.07) is 18.6. The molecule has 0 amide bonds. The van der Waals surface area contributed by atoms with Crippen molar-refractivity contribution in [2.24, 2.45) is 0 Å². The van der Waals surface area contributed by atoms with Crippen molar-refractivity contribution in [2.45, 2.75) is 13.1 Å². The van der Waals surface area contributed by atoms with Crippen LogP contribution in [0.2, 0.25) is 0 Å². The molecular formula is C20H24N4. The van der Waals surface area contributed by atoms with E-state index in [0.29, 0.717) is 5.56 Å². The van der Waals surface area contributed by atoms with Crippen LogP contribution in [0.5, 0.6) is 0 Å². The molecule has 3 rings (SSSR count). The topological polar surface area (TPSA) is 42.3 Å². The minimum atomic E-state index is 0.715. The van der Waals surface area contributed by atoms with Gasteiger partial charge in [0.2, 0.25) is 0 Å². The quantitative estimate of drug-likeness (QED) is 0.919. The van der Waals surface area contributed by atoms with Gasteiger partial charge in [-0.15, -0.1) is 0 Å². The average Bonchev–Trinajstić information content (AvgIpc) is 2.63. The lowest BCUT2D eigenvalue weighted by molar-refractivity contribution is 0.312. The molecule has 1 N–H and O–H groups in total. The third-order valence-corrected chi connectivity index (χ3v) is 4.54. The zero-order valence-electron chi connectivity index (χ0n) is 14.2. The summed E-state index contributed by atoms with van der Waals surface area (Å²) < 4.78 is 0. The zero-order chi connectivity index (χ0) is 16.8. The van der Waals surface area contributed by atoms with Crippen LogP contribution in [-0.2, 0) is 13.1 Å². The third-order valence-electron chi connectivity index (χ3n) is 4.54. The van der Waals surface area contributed by atoms with Crippen LogP contribution in [0, 0.1) is 11.3 Å². The molecule has 0 unspecified atom stereocenters. The second-order valence-electron chi connectivity index (χ2n) is 6.33. The Kier molecular flexibility index (Phi) is 5.47. The summed E-state index contributed by atoms with van der Waals surface area (Å²) in [5, 5.41) is 12.5. The molecule has 1 saturated heterocycles. The first-order chi connectivity index (χ1) is 11.8. The maximum atomic E-state index is 8.99.